The summed E-state index contributed by atoms with van der Waals surface area (Å²) in [6.07, 6.45) is 4.65. The summed E-state index contributed by atoms with van der Waals surface area (Å²) in [4.78, 5) is 7.04. The Morgan fingerprint density at radius 3 is 3.20 bits per heavy atom. The highest BCUT2D eigenvalue weighted by Gasteiger charge is 1.87. The number of hydrogen-bond donors (Lipinski definition) is 1. The van der Waals surface area contributed by atoms with Crippen LogP contribution in [0.3, 0.4) is 0 Å². The second-order valence-corrected chi connectivity index (χ2v) is 3.43. The van der Waals surface area contributed by atoms with Crippen LogP contribution in [0.2, 0.25) is 0 Å². The third-order valence-corrected chi connectivity index (χ3v) is 2.02. The van der Waals surface area contributed by atoms with E-state index in [-0.39, 0.29) is 0 Å². The van der Waals surface area contributed by atoms with Crippen molar-refractivity contribution in [2.75, 3.05) is 0 Å². The van der Waals surface area contributed by atoms with E-state index in [4.69, 9.17) is 12.2 Å². The summed E-state index contributed by atoms with van der Waals surface area (Å²) in [7, 11) is 0. The van der Waals surface area contributed by atoms with E-state index in [2.05, 4.69) is 16.9 Å². The van der Waals surface area contributed by atoms with Crippen molar-refractivity contribution in [2.24, 2.45) is 4.99 Å². The van der Waals surface area contributed by atoms with Crippen molar-refractivity contribution in [2.45, 2.75) is 13.3 Å². The number of nitrogens with one attached hydrogen (secondary N) is 1. The van der Waals surface area contributed by atoms with Gasteiger partial charge in [0, 0.05) is 12.4 Å². The summed E-state index contributed by atoms with van der Waals surface area (Å²) in [6.45, 7) is 2.05. The number of aromatic nitrogens is 1. The minimum Gasteiger partial charge on any atom is -0.342 e. The molecule has 0 fully saturated rings. The zero-order valence-corrected chi connectivity index (χ0v) is 7.26. The second-order valence-electron chi connectivity index (χ2n) is 1.74. The molecule has 0 saturated heterocycles. The summed E-state index contributed by atoms with van der Waals surface area (Å²) >= 11 is 6.36. The number of H-pyrrole nitrogens is 1. The topological polar surface area (TPSA) is 28.1 Å². The zero-order chi connectivity index (χ0) is 7.40. The highest BCUT2D eigenvalue weighted by atomic mass is 32.1. The second kappa shape index (κ2) is 3.63. The Balaban J connectivity index is 2.76. The van der Waals surface area contributed by atoms with Crippen molar-refractivity contribution in [3.05, 3.63) is 10.2 Å². The van der Waals surface area contributed by atoms with E-state index in [9.17, 15) is 0 Å². The largest absolute Gasteiger partial charge is 0.342 e. The quantitative estimate of drug-likeness (QED) is 0.539. The zero-order valence-electron chi connectivity index (χ0n) is 5.63. The molecule has 54 valence electrons. The van der Waals surface area contributed by atoms with Crippen molar-refractivity contribution in [1.82, 2.24) is 4.98 Å². The fourth-order valence-corrected chi connectivity index (χ4v) is 1.39. The monoisotopic (exact) mass is 172 g/mol. The van der Waals surface area contributed by atoms with Gasteiger partial charge in [0.1, 0.15) is 5.00 Å². The summed E-state index contributed by atoms with van der Waals surface area (Å²) < 4.78 is 0.781. The summed E-state index contributed by atoms with van der Waals surface area (Å²) in [6, 6.07) is 0. The molecular formula is C6H8N2S2. The molecule has 0 saturated carbocycles. The van der Waals surface area contributed by atoms with Crippen LogP contribution in [0.15, 0.2) is 11.2 Å². The molecule has 1 rings (SSSR count). The lowest BCUT2D eigenvalue weighted by Gasteiger charge is -1.78. The number of nitrogens with zero attached hydrogens (tertiary/aromatic N) is 1. The minimum absolute atomic E-state index is 0.781. The summed E-state index contributed by atoms with van der Waals surface area (Å²) in [5, 5.41) is 0.951. The Morgan fingerprint density at radius 2 is 2.70 bits per heavy atom. The molecule has 10 heavy (non-hydrogen) atoms. The highest BCUT2D eigenvalue weighted by Crippen LogP contribution is 2.17. The van der Waals surface area contributed by atoms with Gasteiger partial charge in [-0.2, -0.15) is 0 Å². The van der Waals surface area contributed by atoms with Crippen molar-refractivity contribution >= 4 is 34.8 Å². The number of aromatic amines is 1. The van der Waals surface area contributed by atoms with E-state index in [1.54, 1.807) is 0 Å². The Hall–Kier alpha value is -0.480. The Kier molecular flexibility index (Phi) is 2.77. The van der Waals surface area contributed by atoms with Crippen LogP contribution in [0.5, 0.6) is 0 Å². The predicted octanol–water partition coefficient (Wildman–Crippen LogP) is 2.92. The van der Waals surface area contributed by atoms with Crippen molar-refractivity contribution in [1.29, 1.82) is 0 Å². The minimum atomic E-state index is 0.781. The fraction of sp³-hybridized carbons (Fsp3) is 0.333. The maximum atomic E-state index is 4.87. The summed E-state index contributed by atoms with van der Waals surface area (Å²) in [5.41, 5.74) is 0. The van der Waals surface area contributed by atoms with E-state index < -0.39 is 0 Å². The molecule has 1 N–H and O–H groups in total. The van der Waals surface area contributed by atoms with Crippen molar-refractivity contribution in [3.8, 4) is 0 Å². The van der Waals surface area contributed by atoms with Crippen LogP contribution in [-0.2, 0) is 0 Å². The third kappa shape index (κ3) is 2.04. The number of aliphatic imine (C=N–C) groups is 1. The Labute approximate surface area is 68.6 Å². The number of rotatable bonds is 2. The molecule has 0 aliphatic heterocycles. The van der Waals surface area contributed by atoms with Gasteiger partial charge in [-0.25, -0.2) is 4.99 Å². The van der Waals surface area contributed by atoms with Crippen LogP contribution in [0, 0.1) is 3.95 Å². The van der Waals surface area contributed by atoms with E-state index in [1.807, 2.05) is 12.4 Å². The average Bonchev–Trinajstić information content (AvgIpc) is 2.31. The molecule has 1 heterocycles. The fourth-order valence-electron chi connectivity index (χ4n) is 0.519. The molecule has 1 aromatic heterocycles. The van der Waals surface area contributed by atoms with Gasteiger partial charge in [0.15, 0.2) is 3.95 Å². The first-order valence-corrected chi connectivity index (χ1v) is 4.26. The third-order valence-electron chi connectivity index (χ3n) is 0.912. The lowest BCUT2D eigenvalue weighted by Crippen LogP contribution is -1.62. The first-order chi connectivity index (χ1) is 4.83. The van der Waals surface area contributed by atoms with Gasteiger partial charge in [0.05, 0.1) is 0 Å². The predicted molar refractivity (Wildman–Crippen MR) is 47.9 cm³/mol. The van der Waals surface area contributed by atoms with Crippen LogP contribution in [-0.4, -0.2) is 11.2 Å². The van der Waals surface area contributed by atoms with Gasteiger partial charge in [-0.1, -0.05) is 18.3 Å². The van der Waals surface area contributed by atoms with Crippen LogP contribution in [0.25, 0.3) is 0 Å². The first kappa shape index (κ1) is 7.63. The number of hydrogen-bond acceptors (Lipinski definition) is 3. The lowest BCUT2D eigenvalue weighted by molar-refractivity contribution is 1.31. The molecule has 2 nitrogen and oxygen atoms in total. The average molecular weight is 172 g/mol. The normalized spacial score (nSPS) is 10.9. The maximum absolute atomic E-state index is 4.87. The van der Waals surface area contributed by atoms with E-state index in [0.29, 0.717) is 0 Å². The highest BCUT2D eigenvalue weighted by molar-refractivity contribution is 7.73. The molecule has 0 spiro atoms. The Bertz CT molecular complexity index is 271. The molecule has 0 atom stereocenters. The molecule has 0 bridgehead atoms. The van der Waals surface area contributed by atoms with Crippen LogP contribution in [0.1, 0.15) is 13.3 Å². The SMILES string of the molecule is CCC=Nc1c[nH]c(=S)s1. The number of thiazole rings is 1. The van der Waals surface area contributed by atoms with E-state index >= 15 is 0 Å². The van der Waals surface area contributed by atoms with Gasteiger partial charge in [-0.15, -0.1) is 0 Å². The van der Waals surface area contributed by atoms with Gasteiger partial charge < -0.3 is 4.98 Å². The molecular weight excluding hydrogens is 164 g/mol. The van der Waals surface area contributed by atoms with E-state index in [0.717, 1.165) is 15.4 Å². The molecule has 0 aliphatic carbocycles. The van der Waals surface area contributed by atoms with Gasteiger partial charge in [0.2, 0.25) is 0 Å². The maximum Gasteiger partial charge on any atom is 0.160 e. The molecule has 0 aromatic carbocycles. The summed E-state index contributed by atoms with van der Waals surface area (Å²) in [5.74, 6) is 0. The molecule has 0 aliphatic rings. The van der Waals surface area contributed by atoms with Gasteiger partial charge >= 0.3 is 0 Å². The standard InChI is InChI=1S/C6H8N2S2/c1-2-3-7-5-4-8-6(9)10-5/h3-4H,2H2,1H3,(H,8,9). The molecule has 0 unspecified atom stereocenters. The van der Waals surface area contributed by atoms with Gasteiger partial charge in [-0.3, -0.25) is 0 Å². The van der Waals surface area contributed by atoms with Crippen LogP contribution in [0.4, 0.5) is 5.00 Å². The molecule has 1 aromatic rings. The Morgan fingerprint density at radius 1 is 1.90 bits per heavy atom. The van der Waals surface area contributed by atoms with Gasteiger partial charge in [-0.05, 0) is 18.6 Å². The molecule has 0 radical (unpaired) electrons. The van der Waals surface area contributed by atoms with Gasteiger partial charge in [0.25, 0.3) is 0 Å². The van der Waals surface area contributed by atoms with Crippen LogP contribution < -0.4 is 0 Å². The molecule has 0 amide bonds. The smallest absolute Gasteiger partial charge is 0.160 e. The first-order valence-electron chi connectivity index (χ1n) is 3.04. The van der Waals surface area contributed by atoms with Crippen molar-refractivity contribution in [3.63, 3.8) is 0 Å². The van der Waals surface area contributed by atoms with E-state index in [1.165, 1.54) is 11.3 Å². The lowest BCUT2D eigenvalue weighted by atomic mass is 10.5. The van der Waals surface area contributed by atoms with Crippen LogP contribution >= 0.6 is 23.6 Å². The molecule has 4 heteroatoms. The van der Waals surface area contributed by atoms with Crippen molar-refractivity contribution < 1.29 is 0 Å².